The molecular weight excluding hydrogens is 266 g/mol. The van der Waals surface area contributed by atoms with Gasteiger partial charge in [0, 0.05) is 10.5 Å². The highest BCUT2D eigenvalue weighted by atomic mass is 79.9. The number of aromatic nitrogens is 2. The van der Waals surface area contributed by atoms with Crippen LogP contribution < -0.4 is 5.73 Å². The van der Waals surface area contributed by atoms with E-state index < -0.39 is 0 Å². The largest absolute Gasteiger partial charge is 0.323 e. The summed E-state index contributed by atoms with van der Waals surface area (Å²) in [4.78, 5) is 4.15. The van der Waals surface area contributed by atoms with E-state index in [0.29, 0.717) is 0 Å². The van der Waals surface area contributed by atoms with Crippen molar-refractivity contribution in [2.75, 3.05) is 0 Å². The summed E-state index contributed by atoms with van der Waals surface area (Å²) in [5.74, 6) is 0. The van der Waals surface area contributed by atoms with E-state index in [0.717, 1.165) is 15.9 Å². The third kappa shape index (κ3) is 1.90. The number of nitrogens with two attached hydrogens (primary N) is 1. The molecule has 0 radical (unpaired) electrons. The summed E-state index contributed by atoms with van der Waals surface area (Å²) in [6.45, 7) is 4.02. The van der Waals surface area contributed by atoms with Crippen molar-refractivity contribution >= 4 is 15.9 Å². The molecule has 0 aliphatic heterocycles. The van der Waals surface area contributed by atoms with Gasteiger partial charge in [0.25, 0.3) is 0 Å². The quantitative estimate of drug-likeness (QED) is 0.919. The molecule has 0 fully saturated rings. The van der Waals surface area contributed by atoms with Gasteiger partial charge in [0.2, 0.25) is 0 Å². The van der Waals surface area contributed by atoms with Gasteiger partial charge in [-0.15, -0.1) is 0 Å². The van der Waals surface area contributed by atoms with Crippen LogP contribution in [0, 0.1) is 6.92 Å². The Hall–Kier alpha value is -1.13. The molecule has 1 heterocycles. The minimum atomic E-state index is -0.0325. The van der Waals surface area contributed by atoms with Crippen LogP contribution in [-0.2, 0) is 0 Å². The first-order valence-corrected chi connectivity index (χ1v) is 5.94. The fourth-order valence-electron chi connectivity index (χ4n) is 1.66. The van der Waals surface area contributed by atoms with Crippen LogP contribution in [0.1, 0.15) is 24.2 Å². The Morgan fingerprint density at radius 1 is 1.44 bits per heavy atom. The smallest absolute Gasteiger partial charge is 0.0995 e. The molecule has 0 unspecified atom stereocenters. The Kier molecular flexibility index (Phi) is 3.12. The van der Waals surface area contributed by atoms with Gasteiger partial charge in [-0.05, 0) is 41.4 Å². The average molecular weight is 280 g/mol. The van der Waals surface area contributed by atoms with Crippen LogP contribution in [0.25, 0.3) is 5.69 Å². The van der Waals surface area contributed by atoms with Crippen LogP contribution >= 0.6 is 15.9 Å². The predicted molar refractivity (Wildman–Crippen MR) is 68.6 cm³/mol. The lowest BCUT2D eigenvalue weighted by atomic mass is 10.2. The molecular formula is C12H14BrN3. The van der Waals surface area contributed by atoms with E-state index in [1.165, 1.54) is 5.56 Å². The van der Waals surface area contributed by atoms with Crippen LogP contribution in [-0.4, -0.2) is 9.55 Å². The fraction of sp³-hybridized carbons (Fsp3) is 0.250. The summed E-state index contributed by atoms with van der Waals surface area (Å²) in [6.07, 6.45) is 3.59. The van der Waals surface area contributed by atoms with Crippen molar-refractivity contribution in [3.8, 4) is 5.69 Å². The molecule has 16 heavy (non-hydrogen) atoms. The molecule has 0 amide bonds. The number of benzene rings is 1. The summed E-state index contributed by atoms with van der Waals surface area (Å²) in [5.41, 5.74) is 9.18. The monoisotopic (exact) mass is 279 g/mol. The number of nitrogens with zero attached hydrogens (tertiary/aromatic N) is 2. The second-order valence-electron chi connectivity index (χ2n) is 3.89. The van der Waals surface area contributed by atoms with Gasteiger partial charge >= 0.3 is 0 Å². The van der Waals surface area contributed by atoms with Crippen molar-refractivity contribution in [2.24, 2.45) is 5.73 Å². The number of halogens is 1. The minimum absolute atomic E-state index is 0.0325. The van der Waals surface area contributed by atoms with Crippen LogP contribution in [0.3, 0.4) is 0 Å². The summed E-state index contributed by atoms with van der Waals surface area (Å²) in [7, 11) is 0. The van der Waals surface area contributed by atoms with E-state index in [2.05, 4.69) is 33.9 Å². The Morgan fingerprint density at radius 2 is 2.19 bits per heavy atom. The minimum Gasteiger partial charge on any atom is -0.323 e. The van der Waals surface area contributed by atoms with E-state index in [9.17, 15) is 0 Å². The standard InChI is InChI=1S/C12H14BrN3/c1-8-4-3-5-10(12(8)13)16-7-15-6-11(16)9(2)14/h3-7,9H,14H2,1-2H3/t9-/m0/s1. The molecule has 1 aromatic carbocycles. The van der Waals surface area contributed by atoms with Crippen LogP contribution in [0.5, 0.6) is 0 Å². The van der Waals surface area contributed by atoms with Gasteiger partial charge in [0.05, 0.1) is 23.9 Å². The molecule has 0 bridgehead atoms. The molecule has 0 aliphatic rings. The lowest BCUT2D eigenvalue weighted by Gasteiger charge is -2.13. The summed E-state index contributed by atoms with van der Waals surface area (Å²) < 4.78 is 3.09. The highest BCUT2D eigenvalue weighted by Gasteiger charge is 2.11. The third-order valence-corrected chi connectivity index (χ3v) is 3.60. The normalized spacial score (nSPS) is 12.8. The van der Waals surface area contributed by atoms with Crippen molar-refractivity contribution in [1.82, 2.24) is 9.55 Å². The van der Waals surface area contributed by atoms with Crippen molar-refractivity contribution in [3.63, 3.8) is 0 Å². The maximum absolute atomic E-state index is 5.91. The highest BCUT2D eigenvalue weighted by Crippen LogP contribution is 2.26. The molecule has 4 heteroatoms. The second-order valence-corrected chi connectivity index (χ2v) is 4.68. The Labute approximate surface area is 103 Å². The number of hydrogen-bond acceptors (Lipinski definition) is 2. The zero-order valence-electron chi connectivity index (χ0n) is 9.31. The van der Waals surface area contributed by atoms with Crippen LogP contribution in [0.4, 0.5) is 0 Å². The van der Waals surface area contributed by atoms with Crippen molar-refractivity contribution in [2.45, 2.75) is 19.9 Å². The van der Waals surface area contributed by atoms with Crippen molar-refractivity contribution < 1.29 is 0 Å². The molecule has 1 aromatic heterocycles. The summed E-state index contributed by atoms with van der Waals surface area (Å²) >= 11 is 3.60. The third-order valence-electron chi connectivity index (χ3n) is 2.56. The van der Waals surface area contributed by atoms with Crippen molar-refractivity contribution in [1.29, 1.82) is 0 Å². The second kappa shape index (κ2) is 4.39. The van der Waals surface area contributed by atoms with Gasteiger partial charge in [0.1, 0.15) is 0 Å². The number of aryl methyl sites for hydroxylation is 1. The zero-order valence-corrected chi connectivity index (χ0v) is 10.9. The Morgan fingerprint density at radius 3 is 2.88 bits per heavy atom. The van der Waals surface area contributed by atoms with Gasteiger partial charge in [-0.3, -0.25) is 0 Å². The summed E-state index contributed by atoms with van der Waals surface area (Å²) in [6, 6.07) is 6.11. The SMILES string of the molecule is Cc1cccc(-n2cncc2[C@H](C)N)c1Br. The van der Waals surface area contributed by atoms with E-state index >= 15 is 0 Å². The van der Waals surface area contributed by atoms with Crippen LogP contribution in [0.15, 0.2) is 35.2 Å². The fourth-order valence-corrected chi connectivity index (χ4v) is 2.12. The van der Waals surface area contributed by atoms with E-state index in [1.54, 1.807) is 12.5 Å². The molecule has 84 valence electrons. The molecule has 1 atom stereocenters. The van der Waals surface area contributed by atoms with Crippen molar-refractivity contribution in [3.05, 3.63) is 46.5 Å². The summed E-state index contributed by atoms with van der Waals surface area (Å²) in [5, 5.41) is 0. The Balaban J connectivity index is 2.59. The topological polar surface area (TPSA) is 43.8 Å². The first-order valence-electron chi connectivity index (χ1n) is 5.14. The molecule has 0 saturated heterocycles. The molecule has 3 nitrogen and oxygen atoms in total. The first-order chi connectivity index (χ1) is 7.61. The molecule has 0 saturated carbocycles. The maximum atomic E-state index is 5.91. The zero-order chi connectivity index (χ0) is 11.7. The van der Waals surface area contributed by atoms with E-state index in [-0.39, 0.29) is 6.04 Å². The maximum Gasteiger partial charge on any atom is 0.0995 e. The van der Waals surface area contributed by atoms with E-state index in [4.69, 9.17) is 5.73 Å². The molecule has 2 aromatic rings. The van der Waals surface area contributed by atoms with Gasteiger partial charge in [0.15, 0.2) is 0 Å². The average Bonchev–Trinajstić information content (AvgIpc) is 2.70. The molecule has 2 rings (SSSR count). The molecule has 2 N–H and O–H groups in total. The molecule has 0 spiro atoms. The lowest BCUT2D eigenvalue weighted by molar-refractivity contribution is 0.751. The first kappa shape index (κ1) is 11.4. The predicted octanol–water partition coefficient (Wildman–Crippen LogP) is 2.96. The highest BCUT2D eigenvalue weighted by molar-refractivity contribution is 9.10. The number of hydrogen-bond donors (Lipinski definition) is 1. The van der Waals surface area contributed by atoms with Crippen LogP contribution in [0.2, 0.25) is 0 Å². The number of imidazole rings is 1. The Bertz CT molecular complexity index is 503. The van der Waals surface area contributed by atoms with Gasteiger partial charge in [-0.2, -0.15) is 0 Å². The van der Waals surface area contributed by atoms with Gasteiger partial charge in [-0.1, -0.05) is 12.1 Å². The number of rotatable bonds is 2. The van der Waals surface area contributed by atoms with Gasteiger partial charge in [-0.25, -0.2) is 4.98 Å². The molecule has 0 aliphatic carbocycles. The lowest BCUT2D eigenvalue weighted by Crippen LogP contribution is -2.11. The van der Waals surface area contributed by atoms with E-state index in [1.807, 2.05) is 23.6 Å². The van der Waals surface area contributed by atoms with Gasteiger partial charge < -0.3 is 10.3 Å².